The average Bonchev–Trinajstić information content (AvgIpc) is 2.29. The van der Waals surface area contributed by atoms with E-state index in [-0.39, 0.29) is 0 Å². The van der Waals surface area contributed by atoms with Crippen LogP contribution >= 0.6 is 0 Å². The van der Waals surface area contributed by atoms with Crippen LogP contribution in [0, 0.1) is 11.3 Å². The van der Waals surface area contributed by atoms with Gasteiger partial charge in [0, 0.05) is 12.6 Å². The third kappa shape index (κ3) is 1.95. The maximum Gasteiger partial charge on any atom is 0.131 e. The number of nitrogens with zero attached hydrogens (tertiary/aromatic N) is 2. The minimum Gasteiger partial charge on any atom is -0.485 e. The molecule has 1 aliphatic heterocycles. The SMILES string of the molecule is CN(O)C1c2cc(C#N)ccc2OC(C)(C)[C@H]1O. The van der Waals surface area contributed by atoms with Gasteiger partial charge in [0.15, 0.2) is 0 Å². The molecule has 2 atom stereocenters. The van der Waals surface area contributed by atoms with Gasteiger partial charge in [-0.2, -0.15) is 10.3 Å². The maximum atomic E-state index is 10.3. The van der Waals surface area contributed by atoms with Gasteiger partial charge in [0.25, 0.3) is 0 Å². The molecule has 1 heterocycles. The molecule has 0 saturated heterocycles. The summed E-state index contributed by atoms with van der Waals surface area (Å²) < 4.78 is 5.71. The molecule has 1 aromatic carbocycles. The Morgan fingerprint density at radius 2 is 2.11 bits per heavy atom. The number of hydrogen-bond donors (Lipinski definition) is 2. The third-order valence-corrected chi connectivity index (χ3v) is 3.24. The first-order chi connectivity index (χ1) is 8.36. The molecule has 0 bridgehead atoms. The highest BCUT2D eigenvalue weighted by Crippen LogP contribution is 2.42. The van der Waals surface area contributed by atoms with Crippen molar-refractivity contribution in [2.45, 2.75) is 31.6 Å². The molecular formula is C13H16N2O3. The topological polar surface area (TPSA) is 76.7 Å². The summed E-state index contributed by atoms with van der Waals surface area (Å²) in [6, 6.07) is 6.40. The Morgan fingerprint density at radius 1 is 1.44 bits per heavy atom. The number of hydrogen-bond acceptors (Lipinski definition) is 5. The minimum atomic E-state index is -0.894. The molecule has 2 N–H and O–H groups in total. The molecule has 0 aliphatic carbocycles. The molecule has 2 rings (SSSR count). The fraction of sp³-hybridized carbons (Fsp3) is 0.462. The van der Waals surface area contributed by atoms with Gasteiger partial charge in [-0.05, 0) is 32.0 Å². The van der Waals surface area contributed by atoms with E-state index in [2.05, 4.69) is 0 Å². The molecule has 5 heteroatoms. The standard InChI is InChI=1S/C13H16N2O3/c1-13(2)12(16)11(15(3)17)9-6-8(7-14)4-5-10(9)18-13/h4-6,11-12,16-17H,1-3H3/t11?,12-/m0/s1. The molecule has 1 unspecified atom stereocenters. The minimum absolute atomic E-state index is 0.469. The zero-order valence-electron chi connectivity index (χ0n) is 10.6. The van der Waals surface area contributed by atoms with Gasteiger partial charge in [0.2, 0.25) is 0 Å². The van der Waals surface area contributed by atoms with Crippen LogP contribution in [-0.4, -0.2) is 34.1 Å². The normalized spacial score (nSPS) is 25.2. The first-order valence-electron chi connectivity index (χ1n) is 5.69. The van der Waals surface area contributed by atoms with Crippen LogP contribution < -0.4 is 4.74 Å². The Bertz CT molecular complexity index is 505. The number of ether oxygens (including phenoxy) is 1. The number of likely N-dealkylation sites (N-methyl/N-ethyl adjacent to an activating group) is 1. The summed E-state index contributed by atoms with van der Waals surface area (Å²) in [5.41, 5.74) is 0.282. The van der Waals surface area contributed by atoms with Gasteiger partial charge in [0.05, 0.1) is 17.7 Å². The van der Waals surface area contributed by atoms with Crippen LogP contribution in [0.1, 0.15) is 31.0 Å². The number of fused-ring (bicyclic) bond motifs is 1. The first kappa shape index (κ1) is 12.8. The van der Waals surface area contributed by atoms with Crippen LogP contribution in [0.4, 0.5) is 0 Å². The lowest BCUT2D eigenvalue weighted by molar-refractivity contribution is -0.179. The summed E-state index contributed by atoms with van der Waals surface area (Å²) in [5.74, 6) is 0.579. The second-order valence-electron chi connectivity index (χ2n) is 5.03. The summed E-state index contributed by atoms with van der Waals surface area (Å²) in [6.45, 7) is 3.52. The largest absolute Gasteiger partial charge is 0.485 e. The van der Waals surface area contributed by atoms with Gasteiger partial charge in [-0.3, -0.25) is 0 Å². The average molecular weight is 248 g/mol. The fourth-order valence-corrected chi connectivity index (χ4v) is 2.24. The van der Waals surface area contributed by atoms with Crippen LogP contribution in [0.25, 0.3) is 0 Å². The zero-order chi connectivity index (χ0) is 13.5. The lowest BCUT2D eigenvalue weighted by atomic mass is 9.86. The molecule has 0 saturated carbocycles. The predicted molar refractivity (Wildman–Crippen MR) is 64.2 cm³/mol. The summed E-state index contributed by atoms with van der Waals surface area (Å²) in [6.07, 6.45) is -0.894. The highest BCUT2D eigenvalue weighted by atomic mass is 16.5. The Balaban J connectivity index is 2.57. The molecule has 0 spiro atoms. The summed E-state index contributed by atoms with van der Waals surface area (Å²) in [7, 11) is 1.47. The van der Waals surface area contributed by atoms with Gasteiger partial charge in [-0.15, -0.1) is 0 Å². The van der Waals surface area contributed by atoms with Crippen molar-refractivity contribution in [3.63, 3.8) is 0 Å². The highest BCUT2D eigenvalue weighted by molar-refractivity contribution is 5.46. The van der Waals surface area contributed by atoms with Crippen molar-refractivity contribution >= 4 is 0 Å². The first-order valence-corrected chi connectivity index (χ1v) is 5.69. The van der Waals surface area contributed by atoms with Crippen LogP contribution in [0.3, 0.4) is 0 Å². The molecule has 0 aromatic heterocycles. The smallest absolute Gasteiger partial charge is 0.131 e. The van der Waals surface area contributed by atoms with E-state index < -0.39 is 17.7 Å². The van der Waals surface area contributed by atoms with Crippen molar-refractivity contribution in [2.75, 3.05) is 7.05 Å². The van der Waals surface area contributed by atoms with E-state index in [1.807, 2.05) is 6.07 Å². The van der Waals surface area contributed by atoms with E-state index in [1.165, 1.54) is 7.05 Å². The van der Waals surface area contributed by atoms with E-state index in [1.54, 1.807) is 32.0 Å². The lowest BCUT2D eigenvalue weighted by Crippen LogP contribution is -2.52. The van der Waals surface area contributed by atoms with E-state index in [9.17, 15) is 10.3 Å². The molecule has 1 aromatic rings. The monoisotopic (exact) mass is 248 g/mol. The number of hydroxylamine groups is 2. The Labute approximate surface area is 106 Å². The molecule has 96 valence electrons. The molecular weight excluding hydrogens is 232 g/mol. The van der Waals surface area contributed by atoms with Crippen LogP contribution in [0.15, 0.2) is 18.2 Å². The van der Waals surface area contributed by atoms with Crippen molar-refractivity contribution in [1.82, 2.24) is 5.06 Å². The Morgan fingerprint density at radius 3 is 2.67 bits per heavy atom. The second kappa shape index (κ2) is 4.25. The summed E-state index contributed by atoms with van der Waals surface area (Å²) in [5, 5.41) is 29.8. The van der Waals surface area contributed by atoms with Crippen molar-refractivity contribution in [3.05, 3.63) is 29.3 Å². The van der Waals surface area contributed by atoms with E-state index in [0.29, 0.717) is 16.9 Å². The molecule has 0 amide bonds. The Hall–Kier alpha value is -1.61. The van der Waals surface area contributed by atoms with Crippen LogP contribution in [-0.2, 0) is 0 Å². The number of benzene rings is 1. The number of aliphatic hydroxyl groups excluding tert-OH is 1. The quantitative estimate of drug-likeness (QED) is 0.736. The van der Waals surface area contributed by atoms with E-state index in [4.69, 9.17) is 10.00 Å². The van der Waals surface area contributed by atoms with E-state index >= 15 is 0 Å². The van der Waals surface area contributed by atoms with Crippen molar-refractivity contribution in [3.8, 4) is 11.8 Å². The van der Waals surface area contributed by atoms with Crippen LogP contribution in [0.2, 0.25) is 0 Å². The van der Waals surface area contributed by atoms with Gasteiger partial charge >= 0.3 is 0 Å². The molecule has 0 fully saturated rings. The van der Waals surface area contributed by atoms with Crippen molar-refractivity contribution < 1.29 is 15.1 Å². The third-order valence-electron chi connectivity index (χ3n) is 3.24. The van der Waals surface area contributed by atoms with Gasteiger partial charge in [-0.1, -0.05) is 0 Å². The van der Waals surface area contributed by atoms with Crippen LogP contribution in [0.5, 0.6) is 5.75 Å². The molecule has 0 radical (unpaired) electrons. The predicted octanol–water partition coefficient (Wildman–Crippen LogP) is 1.45. The maximum absolute atomic E-state index is 10.3. The van der Waals surface area contributed by atoms with Gasteiger partial charge in [0.1, 0.15) is 17.5 Å². The number of rotatable bonds is 1. The highest BCUT2D eigenvalue weighted by Gasteiger charge is 2.44. The fourth-order valence-electron chi connectivity index (χ4n) is 2.24. The number of aliphatic hydroxyl groups is 1. The zero-order valence-corrected chi connectivity index (χ0v) is 10.6. The summed E-state index contributed by atoms with van der Waals surface area (Å²) >= 11 is 0. The molecule has 1 aliphatic rings. The molecule has 18 heavy (non-hydrogen) atoms. The van der Waals surface area contributed by atoms with E-state index in [0.717, 1.165) is 5.06 Å². The summed E-state index contributed by atoms with van der Waals surface area (Å²) in [4.78, 5) is 0. The van der Waals surface area contributed by atoms with Gasteiger partial charge < -0.3 is 15.1 Å². The van der Waals surface area contributed by atoms with Crippen molar-refractivity contribution in [2.24, 2.45) is 0 Å². The Kier molecular flexibility index (Phi) is 3.03. The van der Waals surface area contributed by atoms with Crippen molar-refractivity contribution in [1.29, 1.82) is 5.26 Å². The number of nitriles is 1. The lowest BCUT2D eigenvalue weighted by Gasteiger charge is -2.43. The molecule has 5 nitrogen and oxygen atoms in total. The second-order valence-corrected chi connectivity index (χ2v) is 5.03. The van der Waals surface area contributed by atoms with Gasteiger partial charge in [-0.25, -0.2) is 0 Å².